The molecule has 174 valence electrons. The van der Waals surface area contributed by atoms with Gasteiger partial charge in [0.25, 0.3) is 0 Å². The van der Waals surface area contributed by atoms with Gasteiger partial charge in [0.1, 0.15) is 5.82 Å². The molecule has 0 aromatic heterocycles. The van der Waals surface area contributed by atoms with Crippen LogP contribution in [0.4, 0.5) is 9.18 Å². The maximum absolute atomic E-state index is 13.4. The molecule has 0 radical (unpaired) electrons. The van der Waals surface area contributed by atoms with Crippen LogP contribution in [0.3, 0.4) is 0 Å². The lowest BCUT2D eigenvalue weighted by Gasteiger charge is -2.30. The quantitative estimate of drug-likeness (QED) is 0.367. The zero-order valence-electron chi connectivity index (χ0n) is 18.7. The Kier molecular flexibility index (Phi) is 10.1. The molecule has 1 amide bonds. The summed E-state index contributed by atoms with van der Waals surface area (Å²) >= 11 is 0. The minimum absolute atomic E-state index is 0.134. The van der Waals surface area contributed by atoms with Crippen LogP contribution in [0.5, 0.6) is 0 Å². The highest BCUT2D eigenvalue weighted by molar-refractivity contribution is 5.86. The van der Waals surface area contributed by atoms with Crippen LogP contribution in [0.15, 0.2) is 48.5 Å². The molecule has 0 aliphatic carbocycles. The standard InChI is InChI=1S/C25H32FNO5/c1-3-5-16-32-24(30)27-25(18-28,23(29)31-4-2)15-7-8-19-11-13-20(14-12-19)21-9-6-10-22(26)17-21/h6,9-14,17,28H,3-5,7-8,15-16,18H2,1-2H3,(H,27,30). The lowest BCUT2D eigenvalue weighted by Crippen LogP contribution is -2.58. The van der Waals surface area contributed by atoms with E-state index >= 15 is 0 Å². The summed E-state index contributed by atoms with van der Waals surface area (Å²) in [6.45, 7) is 3.43. The molecule has 0 aliphatic heterocycles. The van der Waals surface area contributed by atoms with E-state index < -0.39 is 24.2 Å². The van der Waals surface area contributed by atoms with Crippen LogP contribution >= 0.6 is 0 Å². The number of alkyl carbamates (subject to hydrolysis) is 1. The second-order valence-electron chi connectivity index (χ2n) is 7.64. The number of nitrogens with one attached hydrogen (secondary N) is 1. The number of aliphatic hydroxyl groups is 1. The lowest BCUT2D eigenvalue weighted by molar-refractivity contribution is -0.153. The Bertz CT molecular complexity index is 871. The number of esters is 1. The Balaban J connectivity index is 2.02. The summed E-state index contributed by atoms with van der Waals surface area (Å²) in [6.07, 6.45) is 2.17. The molecule has 2 N–H and O–H groups in total. The van der Waals surface area contributed by atoms with Crippen molar-refractivity contribution >= 4 is 12.1 Å². The molecule has 6 nitrogen and oxygen atoms in total. The van der Waals surface area contributed by atoms with E-state index in [1.54, 1.807) is 13.0 Å². The van der Waals surface area contributed by atoms with Crippen molar-refractivity contribution in [2.24, 2.45) is 0 Å². The van der Waals surface area contributed by atoms with Gasteiger partial charge in [0.2, 0.25) is 0 Å². The molecule has 1 unspecified atom stereocenters. The number of aryl methyl sites for hydroxylation is 1. The molecule has 7 heteroatoms. The van der Waals surface area contributed by atoms with Gasteiger partial charge in [-0.25, -0.2) is 14.0 Å². The van der Waals surface area contributed by atoms with Crippen molar-refractivity contribution in [1.82, 2.24) is 5.32 Å². The minimum atomic E-state index is -1.55. The third-order valence-corrected chi connectivity index (χ3v) is 5.19. The first kappa shape index (κ1) is 25.3. The molecule has 32 heavy (non-hydrogen) atoms. The third-order valence-electron chi connectivity index (χ3n) is 5.19. The van der Waals surface area contributed by atoms with Crippen molar-refractivity contribution in [3.8, 4) is 11.1 Å². The van der Waals surface area contributed by atoms with Crippen molar-refractivity contribution in [2.75, 3.05) is 19.8 Å². The number of carbonyl (C=O) groups excluding carboxylic acids is 2. The molecular weight excluding hydrogens is 413 g/mol. The number of ether oxygens (including phenoxy) is 2. The fourth-order valence-corrected chi connectivity index (χ4v) is 3.33. The van der Waals surface area contributed by atoms with Crippen molar-refractivity contribution in [1.29, 1.82) is 0 Å². The molecule has 0 spiro atoms. The SMILES string of the molecule is CCCCOC(=O)NC(CO)(CCCc1ccc(-c2cccc(F)c2)cc1)C(=O)OCC. The van der Waals surface area contributed by atoms with Gasteiger partial charge in [0.15, 0.2) is 5.54 Å². The van der Waals surface area contributed by atoms with Crippen LogP contribution in [0, 0.1) is 5.82 Å². The predicted molar refractivity (Wildman–Crippen MR) is 121 cm³/mol. The number of halogens is 1. The number of carbonyl (C=O) groups is 2. The summed E-state index contributed by atoms with van der Waals surface area (Å²) in [5.74, 6) is -0.969. The average molecular weight is 446 g/mol. The first-order valence-electron chi connectivity index (χ1n) is 11.0. The number of hydrogen-bond acceptors (Lipinski definition) is 5. The zero-order valence-corrected chi connectivity index (χ0v) is 18.7. The Morgan fingerprint density at radius 2 is 1.78 bits per heavy atom. The number of rotatable bonds is 12. The molecule has 1 atom stereocenters. The van der Waals surface area contributed by atoms with E-state index in [0.29, 0.717) is 19.3 Å². The highest BCUT2D eigenvalue weighted by Gasteiger charge is 2.41. The normalized spacial score (nSPS) is 12.6. The second kappa shape index (κ2) is 12.8. The molecule has 0 fully saturated rings. The Morgan fingerprint density at radius 3 is 2.41 bits per heavy atom. The number of amides is 1. The fraction of sp³-hybridized carbons (Fsp3) is 0.440. The van der Waals surface area contributed by atoms with Crippen LogP contribution in [0.2, 0.25) is 0 Å². The summed E-state index contributed by atoms with van der Waals surface area (Å²) in [7, 11) is 0. The Labute approximate surface area is 188 Å². The molecule has 2 rings (SSSR count). The van der Waals surface area contributed by atoms with Gasteiger partial charge in [-0.3, -0.25) is 0 Å². The van der Waals surface area contributed by atoms with E-state index in [1.165, 1.54) is 12.1 Å². The zero-order chi connectivity index (χ0) is 23.4. The van der Waals surface area contributed by atoms with E-state index in [9.17, 15) is 19.1 Å². The smallest absolute Gasteiger partial charge is 0.408 e. The van der Waals surface area contributed by atoms with Gasteiger partial charge in [-0.2, -0.15) is 0 Å². The molecule has 0 saturated heterocycles. The summed E-state index contributed by atoms with van der Waals surface area (Å²) in [4.78, 5) is 24.7. The summed E-state index contributed by atoms with van der Waals surface area (Å²) in [5.41, 5.74) is 1.16. The largest absolute Gasteiger partial charge is 0.464 e. The Hall–Kier alpha value is -2.93. The fourth-order valence-electron chi connectivity index (χ4n) is 3.33. The van der Waals surface area contributed by atoms with Crippen LogP contribution in [-0.4, -0.2) is 42.5 Å². The number of unbranched alkanes of at least 4 members (excludes halogenated alkanes) is 1. The lowest BCUT2D eigenvalue weighted by atomic mass is 9.92. The van der Waals surface area contributed by atoms with E-state index in [0.717, 1.165) is 23.1 Å². The van der Waals surface area contributed by atoms with Gasteiger partial charge in [0.05, 0.1) is 19.8 Å². The van der Waals surface area contributed by atoms with Crippen molar-refractivity contribution < 1.29 is 28.6 Å². The molecular formula is C25H32FNO5. The van der Waals surface area contributed by atoms with Crippen LogP contribution in [-0.2, 0) is 20.7 Å². The number of benzene rings is 2. The molecule has 2 aromatic rings. The highest BCUT2D eigenvalue weighted by atomic mass is 19.1. The first-order valence-corrected chi connectivity index (χ1v) is 11.0. The molecule has 0 heterocycles. The van der Waals surface area contributed by atoms with Crippen molar-refractivity contribution in [2.45, 2.75) is 51.5 Å². The van der Waals surface area contributed by atoms with Gasteiger partial charge in [0, 0.05) is 0 Å². The van der Waals surface area contributed by atoms with Crippen molar-refractivity contribution in [3.63, 3.8) is 0 Å². The summed E-state index contributed by atoms with van der Waals surface area (Å²) in [6, 6.07) is 14.1. The van der Waals surface area contributed by atoms with Gasteiger partial charge in [-0.05, 0) is 61.4 Å². The van der Waals surface area contributed by atoms with Gasteiger partial charge in [-0.15, -0.1) is 0 Å². The predicted octanol–water partition coefficient (Wildman–Crippen LogP) is 4.64. The van der Waals surface area contributed by atoms with E-state index in [-0.39, 0.29) is 25.5 Å². The molecule has 0 saturated carbocycles. The van der Waals surface area contributed by atoms with E-state index in [2.05, 4.69) is 5.32 Å². The number of aliphatic hydroxyl groups excluding tert-OH is 1. The molecule has 0 aliphatic rings. The van der Waals surface area contributed by atoms with Crippen LogP contribution in [0.25, 0.3) is 11.1 Å². The van der Waals surface area contributed by atoms with Crippen LogP contribution in [0.1, 0.15) is 45.1 Å². The van der Waals surface area contributed by atoms with Gasteiger partial charge < -0.3 is 19.9 Å². The van der Waals surface area contributed by atoms with E-state index in [1.807, 2.05) is 37.3 Å². The number of hydrogen-bond donors (Lipinski definition) is 2. The highest BCUT2D eigenvalue weighted by Crippen LogP contribution is 2.22. The van der Waals surface area contributed by atoms with Gasteiger partial charge in [-0.1, -0.05) is 49.7 Å². The summed E-state index contributed by atoms with van der Waals surface area (Å²) in [5, 5.41) is 12.5. The van der Waals surface area contributed by atoms with E-state index in [4.69, 9.17) is 9.47 Å². The maximum Gasteiger partial charge on any atom is 0.408 e. The molecule has 0 bridgehead atoms. The first-order chi connectivity index (χ1) is 15.4. The van der Waals surface area contributed by atoms with Gasteiger partial charge >= 0.3 is 12.1 Å². The van der Waals surface area contributed by atoms with Crippen LogP contribution < -0.4 is 5.32 Å². The Morgan fingerprint density at radius 1 is 1.03 bits per heavy atom. The second-order valence-corrected chi connectivity index (χ2v) is 7.64. The third kappa shape index (κ3) is 7.34. The summed E-state index contributed by atoms with van der Waals surface area (Å²) < 4.78 is 23.6. The minimum Gasteiger partial charge on any atom is -0.464 e. The molecule has 2 aromatic carbocycles. The monoisotopic (exact) mass is 445 g/mol. The van der Waals surface area contributed by atoms with Crippen molar-refractivity contribution in [3.05, 3.63) is 59.9 Å². The maximum atomic E-state index is 13.4. The topological polar surface area (TPSA) is 84.9 Å². The average Bonchev–Trinajstić information content (AvgIpc) is 2.79.